The van der Waals surface area contributed by atoms with E-state index in [9.17, 15) is 9.59 Å². The zero-order valence-corrected chi connectivity index (χ0v) is 14.0. The molecule has 1 aromatic heterocycles. The molecule has 0 radical (unpaired) electrons. The molecule has 0 aliphatic rings. The number of rotatable bonds is 5. The highest BCUT2D eigenvalue weighted by atomic mass is 32.1. The number of thiazole rings is 1. The van der Waals surface area contributed by atoms with Gasteiger partial charge in [-0.2, -0.15) is 0 Å². The minimum Gasteiger partial charge on any atom is -0.459 e. The van der Waals surface area contributed by atoms with Crippen molar-refractivity contribution in [2.75, 3.05) is 5.32 Å². The van der Waals surface area contributed by atoms with Gasteiger partial charge in [-0.15, -0.1) is 11.3 Å². The first-order valence-electron chi connectivity index (χ1n) is 7.16. The van der Waals surface area contributed by atoms with Crippen molar-refractivity contribution in [3.05, 3.63) is 52.0 Å². The number of aromatic nitrogens is 1. The Morgan fingerprint density at radius 1 is 1.26 bits per heavy atom. The van der Waals surface area contributed by atoms with E-state index in [0.29, 0.717) is 11.3 Å². The summed E-state index contributed by atoms with van der Waals surface area (Å²) in [5.41, 5.74) is 1.81. The fraction of sp³-hybridized carbons (Fsp3) is 0.235. The molecule has 1 aromatic carbocycles. The molecule has 1 N–H and O–H groups in total. The number of carbonyl (C=O) groups excluding carboxylic acids is 2. The van der Waals surface area contributed by atoms with E-state index in [-0.39, 0.29) is 18.0 Å². The first kappa shape index (κ1) is 16.9. The number of carbonyl (C=O) groups is 2. The van der Waals surface area contributed by atoms with E-state index in [0.717, 1.165) is 10.7 Å². The van der Waals surface area contributed by atoms with Crippen LogP contribution in [0.25, 0.3) is 6.08 Å². The van der Waals surface area contributed by atoms with E-state index in [1.54, 1.807) is 44.2 Å². The number of ether oxygens (including phenoxy) is 1. The van der Waals surface area contributed by atoms with Crippen molar-refractivity contribution in [1.29, 1.82) is 0 Å². The van der Waals surface area contributed by atoms with Gasteiger partial charge in [0, 0.05) is 17.1 Å². The first-order chi connectivity index (χ1) is 10.9. The molecule has 0 unspecified atom stereocenters. The van der Waals surface area contributed by atoms with E-state index in [4.69, 9.17) is 4.74 Å². The van der Waals surface area contributed by atoms with Gasteiger partial charge in [0.15, 0.2) is 0 Å². The first-order valence-corrected chi connectivity index (χ1v) is 8.04. The van der Waals surface area contributed by atoms with Crippen LogP contribution in [0, 0.1) is 6.92 Å². The van der Waals surface area contributed by atoms with Crippen molar-refractivity contribution >= 4 is 35.0 Å². The Morgan fingerprint density at radius 2 is 1.96 bits per heavy atom. The molecule has 0 saturated heterocycles. The fourth-order valence-corrected chi connectivity index (χ4v) is 2.35. The summed E-state index contributed by atoms with van der Waals surface area (Å²) in [6.45, 7) is 5.50. The summed E-state index contributed by atoms with van der Waals surface area (Å²) in [6.07, 6.45) is 2.92. The van der Waals surface area contributed by atoms with Gasteiger partial charge in [-0.3, -0.25) is 4.79 Å². The largest absolute Gasteiger partial charge is 0.459 e. The molecular formula is C17H18N2O3S. The lowest BCUT2D eigenvalue weighted by atomic mass is 10.2. The zero-order valence-electron chi connectivity index (χ0n) is 13.2. The van der Waals surface area contributed by atoms with Gasteiger partial charge in [0.1, 0.15) is 0 Å². The predicted octanol–water partition coefficient (Wildman–Crippen LogP) is 3.67. The average Bonchev–Trinajstić information content (AvgIpc) is 2.91. The van der Waals surface area contributed by atoms with Gasteiger partial charge in [0.2, 0.25) is 5.91 Å². The highest BCUT2D eigenvalue weighted by Crippen LogP contribution is 2.12. The molecule has 0 aliphatic carbocycles. The standard InChI is InChI=1S/C17H18N2O3S/c1-11(2)22-17(21)13-4-6-14(7-5-13)19-16(20)9-8-15-10-23-12(3)18-15/h4-11H,1-3H3,(H,19,20)/b9-8+. The SMILES string of the molecule is Cc1nc(/C=C/C(=O)Nc2ccc(C(=O)OC(C)C)cc2)cs1. The molecule has 0 atom stereocenters. The van der Waals surface area contributed by atoms with E-state index in [1.165, 1.54) is 17.4 Å². The minimum atomic E-state index is -0.378. The second kappa shape index (κ2) is 7.69. The smallest absolute Gasteiger partial charge is 0.338 e. The summed E-state index contributed by atoms with van der Waals surface area (Å²) in [5.74, 6) is -0.634. The van der Waals surface area contributed by atoms with Crippen LogP contribution < -0.4 is 5.32 Å². The van der Waals surface area contributed by atoms with Crippen LogP contribution in [0.2, 0.25) is 0 Å². The van der Waals surface area contributed by atoms with Gasteiger partial charge >= 0.3 is 5.97 Å². The summed E-state index contributed by atoms with van der Waals surface area (Å²) < 4.78 is 5.10. The molecule has 23 heavy (non-hydrogen) atoms. The number of anilines is 1. The molecule has 1 amide bonds. The van der Waals surface area contributed by atoms with E-state index < -0.39 is 0 Å². The summed E-state index contributed by atoms with van der Waals surface area (Å²) in [6, 6.07) is 6.56. The van der Waals surface area contributed by atoms with Crippen LogP contribution in [0.1, 0.15) is 34.9 Å². The van der Waals surface area contributed by atoms with Crippen LogP contribution in [0.5, 0.6) is 0 Å². The number of hydrogen-bond donors (Lipinski definition) is 1. The lowest BCUT2D eigenvalue weighted by Gasteiger charge is -2.08. The summed E-state index contributed by atoms with van der Waals surface area (Å²) in [4.78, 5) is 27.8. The van der Waals surface area contributed by atoms with Crippen LogP contribution in [-0.2, 0) is 9.53 Å². The van der Waals surface area contributed by atoms with Crippen molar-refractivity contribution in [3.63, 3.8) is 0 Å². The van der Waals surface area contributed by atoms with Crippen LogP contribution >= 0.6 is 11.3 Å². The maximum Gasteiger partial charge on any atom is 0.338 e. The van der Waals surface area contributed by atoms with Crippen molar-refractivity contribution in [2.45, 2.75) is 26.9 Å². The normalized spacial score (nSPS) is 11.0. The number of aryl methyl sites for hydroxylation is 1. The van der Waals surface area contributed by atoms with Crippen molar-refractivity contribution in [3.8, 4) is 0 Å². The molecular weight excluding hydrogens is 312 g/mol. The number of nitrogens with one attached hydrogen (secondary N) is 1. The maximum atomic E-state index is 11.8. The van der Waals surface area contributed by atoms with Gasteiger partial charge in [0.05, 0.1) is 22.4 Å². The molecule has 2 rings (SSSR count). The Kier molecular flexibility index (Phi) is 5.65. The molecule has 2 aromatic rings. The van der Waals surface area contributed by atoms with Crippen LogP contribution in [-0.4, -0.2) is 23.0 Å². The molecule has 1 heterocycles. The van der Waals surface area contributed by atoms with Crippen LogP contribution in [0.3, 0.4) is 0 Å². The summed E-state index contributed by atoms with van der Waals surface area (Å²) >= 11 is 1.53. The van der Waals surface area contributed by atoms with Gasteiger partial charge in [-0.1, -0.05) is 0 Å². The van der Waals surface area contributed by atoms with Crippen molar-refractivity contribution in [2.24, 2.45) is 0 Å². The van der Waals surface area contributed by atoms with Crippen LogP contribution in [0.4, 0.5) is 5.69 Å². The van der Waals surface area contributed by atoms with Crippen molar-refractivity contribution in [1.82, 2.24) is 4.98 Å². The summed E-state index contributed by atoms with van der Waals surface area (Å²) in [7, 11) is 0. The Bertz CT molecular complexity index is 718. The third kappa shape index (κ3) is 5.34. The molecule has 6 heteroatoms. The highest BCUT2D eigenvalue weighted by Gasteiger charge is 2.09. The topological polar surface area (TPSA) is 68.3 Å². The van der Waals surface area contributed by atoms with Crippen LogP contribution in [0.15, 0.2) is 35.7 Å². The third-order valence-corrected chi connectivity index (χ3v) is 3.56. The lowest BCUT2D eigenvalue weighted by Crippen LogP contribution is -2.12. The Balaban J connectivity index is 1.93. The second-order valence-corrected chi connectivity index (χ2v) is 6.21. The Morgan fingerprint density at radius 3 is 2.52 bits per heavy atom. The Hall–Kier alpha value is -2.47. The zero-order chi connectivity index (χ0) is 16.8. The van der Waals surface area contributed by atoms with Gasteiger partial charge in [0.25, 0.3) is 0 Å². The number of benzene rings is 1. The third-order valence-electron chi connectivity index (χ3n) is 2.77. The number of hydrogen-bond acceptors (Lipinski definition) is 5. The molecule has 0 saturated carbocycles. The Labute approximate surface area is 139 Å². The molecule has 5 nitrogen and oxygen atoms in total. The lowest BCUT2D eigenvalue weighted by molar-refractivity contribution is -0.111. The predicted molar refractivity (Wildman–Crippen MR) is 91.5 cm³/mol. The number of nitrogens with zero attached hydrogens (tertiary/aromatic N) is 1. The molecule has 0 bridgehead atoms. The van der Waals surface area contributed by atoms with Gasteiger partial charge < -0.3 is 10.1 Å². The molecule has 0 aliphatic heterocycles. The monoisotopic (exact) mass is 330 g/mol. The van der Waals surface area contributed by atoms with E-state index in [1.807, 2.05) is 12.3 Å². The van der Waals surface area contributed by atoms with Gasteiger partial charge in [-0.25, -0.2) is 9.78 Å². The number of esters is 1. The highest BCUT2D eigenvalue weighted by molar-refractivity contribution is 7.09. The molecule has 120 valence electrons. The molecule has 0 spiro atoms. The minimum absolute atomic E-state index is 0.165. The second-order valence-electron chi connectivity index (χ2n) is 5.15. The van der Waals surface area contributed by atoms with Gasteiger partial charge in [-0.05, 0) is 51.1 Å². The fourth-order valence-electron chi connectivity index (χ4n) is 1.77. The average molecular weight is 330 g/mol. The maximum absolute atomic E-state index is 11.8. The summed E-state index contributed by atoms with van der Waals surface area (Å²) in [5, 5.41) is 5.56. The van der Waals surface area contributed by atoms with E-state index in [2.05, 4.69) is 10.3 Å². The molecule has 0 fully saturated rings. The van der Waals surface area contributed by atoms with Crippen molar-refractivity contribution < 1.29 is 14.3 Å². The number of amides is 1. The van der Waals surface area contributed by atoms with E-state index >= 15 is 0 Å². The quantitative estimate of drug-likeness (QED) is 0.671.